The van der Waals surface area contributed by atoms with Gasteiger partial charge in [-0.3, -0.25) is 4.79 Å². The summed E-state index contributed by atoms with van der Waals surface area (Å²) in [5, 5.41) is 0. The average Bonchev–Trinajstić information content (AvgIpc) is 2.45. The second kappa shape index (κ2) is 5.17. The number of benzene rings is 2. The van der Waals surface area contributed by atoms with Gasteiger partial charge in [0.25, 0.3) is 0 Å². The number of rotatable bonds is 2. The first kappa shape index (κ1) is 13.0. The Labute approximate surface area is 124 Å². The minimum absolute atomic E-state index is 0.102. The van der Waals surface area contributed by atoms with Crippen molar-refractivity contribution in [3.63, 3.8) is 0 Å². The van der Waals surface area contributed by atoms with Gasteiger partial charge >= 0.3 is 0 Å². The number of ketones is 1. The summed E-state index contributed by atoms with van der Waals surface area (Å²) >= 11 is 3.34. The van der Waals surface area contributed by atoms with Gasteiger partial charge in [0.05, 0.1) is 0 Å². The predicted molar refractivity (Wildman–Crippen MR) is 79.4 cm³/mol. The van der Waals surface area contributed by atoms with Crippen LogP contribution in [0.15, 0.2) is 40.9 Å². The van der Waals surface area contributed by atoms with Crippen molar-refractivity contribution in [1.82, 2.24) is 0 Å². The molecule has 1 aliphatic rings. The highest BCUT2D eigenvalue weighted by molar-refractivity contribution is 9.10. The van der Waals surface area contributed by atoms with Crippen LogP contribution in [0.1, 0.15) is 15.9 Å². The maximum absolute atomic E-state index is 12.5. The Kier molecular flexibility index (Phi) is 3.36. The highest BCUT2D eigenvalue weighted by Crippen LogP contribution is 2.31. The van der Waals surface area contributed by atoms with Crippen LogP contribution in [0.2, 0.25) is 0 Å². The summed E-state index contributed by atoms with van der Waals surface area (Å²) in [6.07, 6.45) is 0. The maximum atomic E-state index is 12.5. The van der Waals surface area contributed by atoms with Crippen LogP contribution < -0.4 is 15.2 Å². The molecule has 1 aliphatic heterocycles. The molecule has 2 aromatic carbocycles. The van der Waals surface area contributed by atoms with Crippen LogP contribution in [-0.2, 0) is 0 Å². The first-order valence-electron chi connectivity index (χ1n) is 6.14. The van der Waals surface area contributed by atoms with Crippen molar-refractivity contribution in [2.24, 2.45) is 0 Å². The lowest BCUT2D eigenvalue weighted by molar-refractivity contribution is 0.103. The molecule has 3 rings (SSSR count). The summed E-state index contributed by atoms with van der Waals surface area (Å²) in [6, 6.07) is 10.3. The quantitative estimate of drug-likeness (QED) is 0.677. The number of carbonyl (C=O) groups is 1. The largest absolute Gasteiger partial charge is 0.486 e. The van der Waals surface area contributed by atoms with Crippen LogP contribution in [0, 0.1) is 0 Å². The van der Waals surface area contributed by atoms with Crippen LogP contribution in [0.3, 0.4) is 0 Å². The number of fused-ring (bicyclic) bond motifs is 1. The third-order valence-corrected chi connectivity index (χ3v) is 3.44. The van der Waals surface area contributed by atoms with Crippen LogP contribution in [0.25, 0.3) is 0 Å². The van der Waals surface area contributed by atoms with Gasteiger partial charge in [0.2, 0.25) is 0 Å². The standard InChI is InChI=1S/C15H12BrNO3/c16-11-5-10(6-12(17)8-11)15(18)9-1-2-13-14(7-9)20-4-3-19-13/h1-2,5-8H,3-4,17H2. The van der Waals surface area contributed by atoms with Gasteiger partial charge in [0.1, 0.15) is 13.2 Å². The summed E-state index contributed by atoms with van der Waals surface area (Å²) in [4.78, 5) is 12.5. The van der Waals surface area contributed by atoms with E-state index in [0.717, 1.165) is 4.47 Å². The molecule has 0 spiro atoms. The van der Waals surface area contributed by atoms with E-state index in [0.29, 0.717) is 41.5 Å². The third kappa shape index (κ3) is 2.49. The molecule has 0 saturated carbocycles. The number of carbonyl (C=O) groups excluding carboxylic acids is 1. The summed E-state index contributed by atoms with van der Waals surface area (Å²) in [6.45, 7) is 1.02. The fourth-order valence-corrected chi connectivity index (χ4v) is 2.61. The maximum Gasteiger partial charge on any atom is 0.193 e. The molecule has 0 aliphatic carbocycles. The van der Waals surface area contributed by atoms with E-state index in [1.165, 1.54) is 0 Å². The van der Waals surface area contributed by atoms with Crippen molar-refractivity contribution in [2.45, 2.75) is 0 Å². The molecule has 5 heteroatoms. The van der Waals surface area contributed by atoms with Gasteiger partial charge in [-0.1, -0.05) is 15.9 Å². The number of nitrogens with two attached hydrogens (primary N) is 1. The minimum atomic E-state index is -0.102. The predicted octanol–water partition coefficient (Wildman–Crippen LogP) is 3.03. The Morgan fingerprint density at radius 1 is 1.00 bits per heavy atom. The van der Waals surface area contributed by atoms with E-state index < -0.39 is 0 Å². The number of hydrogen-bond donors (Lipinski definition) is 1. The first-order chi connectivity index (χ1) is 9.63. The van der Waals surface area contributed by atoms with E-state index in [9.17, 15) is 4.79 Å². The molecule has 0 unspecified atom stereocenters. The molecule has 0 atom stereocenters. The summed E-state index contributed by atoms with van der Waals surface area (Å²) in [7, 11) is 0. The molecule has 2 aromatic rings. The van der Waals surface area contributed by atoms with E-state index >= 15 is 0 Å². The van der Waals surface area contributed by atoms with Crippen molar-refractivity contribution in [1.29, 1.82) is 0 Å². The number of ether oxygens (including phenoxy) is 2. The van der Waals surface area contributed by atoms with Crippen molar-refractivity contribution in [3.05, 3.63) is 52.0 Å². The molecule has 0 bridgehead atoms. The van der Waals surface area contributed by atoms with Gasteiger partial charge in [-0.05, 0) is 36.4 Å². The Balaban J connectivity index is 1.97. The van der Waals surface area contributed by atoms with Gasteiger partial charge in [0.15, 0.2) is 17.3 Å². The molecule has 102 valence electrons. The summed E-state index contributed by atoms with van der Waals surface area (Å²) in [5.41, 5.74) is 7.38. The molecule has 0 radical (unpaired) electrons. The van der Waals surface area contributed by atoms with E-state index in [-0.39, 0.29) is 5.78 Å². The molecular formula is C15H12BrNO3. The van der Waals surface area contributed by atoms with Crippen LogP contribution >= 0.6 is 15.9 Å². The zero-order chi connectivity index (χ0) is 14.1. The summed E-state index contributed by atoms with van der Waals surface area (Å²) < 4.78 is 11.7. The minimum Gasteiger partial charge on any atom is -0.486 e. The number of halogens is 1. The van der Waals surface area contributed by atoms with Crippen molar-refractivity contribution >= 4 is 27.4 Å². The first-order valence-corrected chi connectivity index (χ1v) is 6.93. The van der Waals surface area contributed by atoms with Gasteiger partial charge in [0, 0.05) is 21.3 Å². The molecule has 0 saturated heterocycles. The van der Waals surface area contributed by atoms with Gasteiger partial charge in [-0.15, -0.1) is 0 Å². The normalized spacial score (nSPS) is 13.1. The van der Waals surface area contributed by atoms with Crippen LogP contribution in [-0.4, -0.2) is 19.0 Å². The van der Waals surface area contributed by atoms with Gasteiger partial charge in [-0.25, -0.2) is 0 Å². The molecule has 2 N–H and O–H groups in total. The zero-order valence-electron chi connectivity index (χ0n) is 10.6. The van der Waals surface area contributed by atoms with Crippen molar-refractivity contribution in [2.75, 3.05) is 18.9 Å². The molecule has 1 heterocycles. The Hall–Kier alpha value is -2.01. The van der Waals surface area contributed by atoms with E-state index in [2.05, 4.69) is 15.9 Å². The summed E-state index contributed by atoms with van der Waals surface area (Å²) in [5.74, 6) is 1.17. The lowest BCUT2D eigenvalue weighted by Crippen LogP contribution is -2.16. The Morgan fingerprint density at radius 2 is 1.75 bits per heavy atom. The van der Waals surface area contributed by atoms with Crippen LogP contribution in [0.4, 0.5) is 5.69 Å². The van der Waals surface area contributed by atoms with E-state index in [1.54, 1.807) is 36.4 Å². The molecule has 0 fully saturated rings. The molecule has 0 amide bonds. The Bertz CT molecular complexity index is 665. The highest BCUT2D eigenvalue weighted by atomic mass is 79.9. The van der Waals surface area contributed by atoms with Gasteiger partial charge < -0.3 is 15.2 Å². The van der Waals surface area contributed by atoms with Gasteiger partial charge in [-0.2, -0.15) is 0 Å². The lowest BCUT2D eigenvalue weighted by atomic mass is 10.0. The third-order valence-electron chi connectivity index (χ3n) is 2.99. The SMILES string of the molecule is Nc1cc(Br)cc(C(=O)c2ccc3c(c2)OCCO3)c1. The smallest absolute Gasteiger partial charge is 0.193 e. The topological polar surface area (TPSA) is 61.6 Å². The van der Waals surface area contributed by atoms with E-state index in [4.69, 9.17) is 15.2 Å². The fourth-order valence-electron chi connectivity index (χ4n) is 2.09. The molecule has 4 nitrogen and oxygen atoms in total. The molecular weight excluding hydrogens is 322 g/mol. The molecule has 20 heavy (non-hydrogen) atoms. The molecule has 0 aromatic heterocycles. The monoisotopic (exact) mass is 333 g/mol. The second-order valence-electron chi connectivity index (χ2n) is 4.46. The fraction of sp³-hybridized carbons (Fsp3) is 0.133. The van der Waals surface area contributed by atoms with Crippen LogP contribution in [0.5, 0.6) is 11.5 Å². The number of hydrogen-bond acceptors (Lipinski definition) is 4. The van der Waals surface area contributed by atoms with Crippen molar-refractivity contribution < 1.29 is 14.3 Å². The number of nitrogen functional groups attached to an aromatic ring is 1. The number of anilines is 1. The second-order valence-corrected chi connectivity index (χ2v) is 5.38. The van der Waals surface area contributed by atoms with E-state index in [1.807, 2.05) is 0 Å². The Morgan fingerprint density at radius 3 is 2.50 bits per heavy atom. The lowest BCUT2D eigenvalue weighted by Gasteiger charge is -2.18. The highest BCUT2D eigenvalue weighted by Gasteiger charge is 2.16. The average molecular weight is 334 g/mol. The zero-order valence-corrected chi connectivity index (χ0v) is 12.1. The van der Waals surface area contributed by atoms with Crippen molar-refractivity contribution in [3.8, 4) is 11.5 Å².